The van der Waals surface area contributed by atoms with Crippen LogP contribution in [-0.2, 0) is 16.1 Å². The summed E-state index contributed by atoms with van der Waals surface area (Å²) in [5.41, 5.74) is 3.18. The van der Waals surface area contributed by atoms with Crippen molar-refractivity contribution >= 4 is 12.0 Å². The standard InChI is InChI=1S/C19H20O3/c1-3-21-19(20)13-12-17-6-4-5-7-18(17)22-14-16-10-8-15(2)9-11-16/h4-13H,3,14H2,1-2H3/b13-12+. The Balaban J connectivity index is 2.04. The van der Waals surface area contributed by atoms with Crippen molar-refractivity contribution in [2.45, 2.75) is 20.5 Å². The van der Waals surface area contributed by atoms with Gasteiger partial charge in [0.05, 0.1) is 6.61 Å². The van der Waals surface area contributed by atoms with Gasteiger partial charge in [0.2, 0.25) is 0 Å². The molecule has 0 spiro atoms. The van der Waals surface area contributed by atoms with Gasteiger partial charge in [0, 0.05) is 11.6 Å². The molecule has 0 aliphatic rings. The zero-order chi connectivity index (χ0) is 15.8. The van der Waals surface area contributed by atoms with E-state index >= 15 is 0 Å². The second-order valence-electron chi connectivity index (χ2n) is 4.90. The second-order valence-corrected chi connectivity index (χ2v) is 4.90. The summed E-state index contributed by atoms with van der Waals surface area (Å²) >= 11 is 0. The lowest BCUT2D eigenvalue weighted by Crippen LogP contribution is -1.99. The summed E-state index contributed by atoms with van der Waals surface area (Å²) in [5, 5.41) is 0. The molecule has 0 N–H and O–H groups in total. The minimum Gasteiger partial charge on any atom is -0.488 e. The van der Waals surface area contributed by atoms with Crippen molar-refractivity contribution < 1.29 is 14.3 Å². The highest BCUT2D eigenvalue weighted by molar-refractivity contribution is 5.87. The molecule has 0 saturated heterocycles. The van der Waals surface area contributed by atoms with E-state index in [1.807, 2.05) is 36.4 Å². The van der Waals surface area contributed by atoms with Gasteiger partial charge >= 0.3 is 5.97 Å². The summed E-state index contributed by atoms with van der Waals surface area (Å²) in [6.07, 6.45) is 3.13. The zero-order valence-corrected chi connectivity index (χ0v) is 12.9. The van der Waals surface area contributed by atoms with Crippen molar-refractivity contribution in [1.82, 2.24) is 0 Å². The van der Waals surface area contributed by atoms with E-state index in [9.17, 15) is 4.79 Å². The number of aryl methyl sites for hydroxylation is 1. The van der Waals surface area contributed by atoms with Crippen molar-refractivity contribution in [2.24, 2.45) is 0 Å². The molecule has 0 amide bonds. The first-order valence-electron chi connectivity index (χ1n) is 7.31. The van der Waals surface area contributed by atoms with Crippen LogP contribution in [0.5, 0.6) is 5.75 Å². The average molecular weight is 296 g/mol. The van der Waals surface area contributed by atoms with Gasteiger partial charge in [-0.3, -0.25) is 0 Å². The molecular formula is C19H20O3. The molecule has 0 saturated carbocycles. The number of carbonyl (C=O) groups excluding carboxylic acids is 1. The third-order valence-corrected chi connectivity index (χ3v) is 3.12. The van der Waals surface area contributed by atoms with E-state index in [2.05, 4.69) is 19.1 Å². The molecule has 3 heteroatoms. The quantitative estimate of drug-likeness (QED) is 0.593. The van der Waals surface area contributed by atoms with Gasteiger partial charge in [-0.15, -0.1) is 0 Å². The van der Waals surface area contributed by atoms with Gasteiger partial charge in [0.15, 0.2) is 0 Å². The maximum atomic E-state index is 11.4. The van der Waals surface area contributed by atoms with Crippen LogP contribution < -0.4 is 4.74 Å². The first-order valence-corrected chi connectivity index (χ1v) is 7.31. The van der Waals surface area contributed by atoms with E-state index in [4.69, 9.17) is 9.47 Å². The van der Waals surface area contributed by atoms with Gasteiger partial charge in [0.1, 0.15) is 12.4 Å². The molecule has 114 valence electrons. The number of para-hydroxylation sites is 1. The Morgan fingerprint density at radius 3 is 2.55 bits per heavy atom. The van der Waals surface area contributed by atoms with Gasteiger partial charge in [-0.2, -0.15) is 0 Å². The summed E-state index contributed by atoms with van der Waals surface area (Å²) in [4.78, 5) is 11.4. The molecule has 0 bridgehead atoms. The van der Waals surface area contributed by atoms with E-state index in [1.165, 1.54) is 11.6 Å². The summed E-state index contributed by atoms with van der Waals surface area (Å²) in [6, 6.07) is 15.8. The first-order chi connectivity index (χ1) is 10.7. The van der Waals surface area contributed by atoms with Crippen LogP contribution in [0.25, 0.3) is 6.08 Å². The van der Waals surface area contributed by atoms with Gasteiger partial charge in [-0.25, -0.2) is 4.79 Å². The molecule has 0 aromatic heterocycles. The summed E-state index contributed by atoms with van der Waals surface area (Å²) < 4.78 is 10.7. The average Bonchev–Trinajstić information content (AvgIpc) is 2.53. The summed E-state index contributed by atoms with van der Waals surface area (Å²) in [7, 11) is 0. The minimum atomic E-state index is -0.351. The number of hydrogen-bond donors (Lipinski definition) is 0. The van der Waals surface area contributed by atoms with Gasteiger partial charge in [-0.05, 0) is 31.6 Å². The molecule has 0 aliphatic heterocycles. The SMILES string of the molecule is CCOC(=O)/C=C/c1ccccc1OCc1ccc(C)cc1. The maximum absolute atomic E-state index is 11.4. The van der Waals surface area contributed by atoms with Crippen molar-refractivity contribution in [1.29, 1.82) is 0 Å². The van der Waals surface area contributed by atoms with Crippen molar-refractivity contribution in [3.63, 3.8) is 0 Å². The molecule has 0 heterocycles. The largest absolute Gasteiger partial charge is 0.488 e. The smallest absolute Gasteiger partial charge is 0.330 e. The fourth-order valence-electron chi connectivity index (χ4n) is 1.94. The monoisotopic (exact) mass is 296 g/mol. The van der Waals surface area contributed by atoms with Crippen LogP contribution in [0.1, 0.15) is 23.6 Å². The van der Waals surface area contributed by atoms with E-state index in [0.717, 1.165) is 16.9 Å². The molecule has 0 radical (unpaired) electrons. The third-order valence-electron chi connectivity index (χ3n) is 3.12. The lowest BCUT2D eigenvalue weighted by molar-refractivity contribution is -0.137. The van der Waals surface area contributed by atoms with Gasteiger partial charge in [0.25, 0.3) is 0 Å². The number of rotatable bonds is 6. The predicted octanol–water partition coefficient (Wildman–Crippen LogP) is 4.15. The molecule has 3 nitrogen and oxygen atoms in total. The van der Waals surface area contributed by atoms with Crippen LogP contribution in [0.2, 0.25) is 0 Å². The Kier molecular flexibility index (Phi) is 5.78. The number of carbonyl (C=O) groups is 1. The van der Waals surface area contributed by atoms with Crippen LogP contribution in [-0.4, -0.2) is 12.6 Å². The van der Waals surface area contributed by atoms with Gasteiger partial charge < -0.3 is 9.47 Å². The lowest BCUT2D eigenvalue weighted by Gasteiger charge is -2.09. The van der Waals surface area contributed by atoms with E-state index in [1.54, 1.807) is 13.0 Å². The topological polar surface area (TPSA) is 35.5 Å². The van der Waals surface area contributed by atoms with Crippen LogP contribution in [0.3, 0.4) is 0 Å². The highest BCUT2D eigenvalue weighted by Crippen LogP contribution is 2.21. The predicted molar refractivity (Wildman–Crippen MR) is 87.6 cm³/mol. The van der Waals surface area contributed by atoms with E-state index < -0.39 is 0 Å². The fourth-order valence-corrected chi connectivity index (χ4v) is 1.94. The molecule has 0 aliphatic carbocycles. The van der Waals surface area contributed by atoms with Crippen LogP contribution >= 0.6 is 0 Å². The zero-order valence-electron chi connectivity index (χ0n) is 12.9. The van der Waals surface area contributed by atoms with Crippen molar-refractivity contribution in [3.8, 4) is 5.75 Å². The Labute approximate surface area is 131 Å². The summed E-state index contributed by atoms with van der Waals surface area (Å²) in [5.74, 6) is 0.388. The highest BCUT2D eigenvalue weighted by Gasteiger charge is 2.02. The molecule has 0 atom stereocenters. The second kappa shape index (κ2) is 8.03. The number of benzene rings is 2. The molecule has 0 fully saturated rings. The molecular weight excluding hydrogens is 276 g/mol. The number of hydrogen-bond acceptors (Lipinski definition) is 3. The highest BCUT2D eigenvalue weighted by atomic mass is 16.5. The molecule has 2 aromatic carbocycles. The van der Waals surface area contributed by atoms with Crippen molar-refractivity contribution in [2.75, 3.05) is 6.61 Å². The molecule has 2 aromatic rings. The minimum absolute atomic E-state index is 0.351. The Bertz CT molecular complexity index is 642. The number of ether oxygens (including phenoxy) is 2. The summed E-state index contributed by atoms with van der Waals surface area (Å²) in [6.45, 7) is 4.70. The Hall–Kier alpha value is -2.55. The first kappa shape index (κ1) is 15.8. The van der Waals surface area contributed by atoms with E-state index in [-0.39, 0.29) is 5.97 Å². The fraction of sp³-hybridized carbons (Fsp3) is 0.211. The van der Waals surface area contributed by atoms with Crippen LogP contribution in [0.15, 0.2) is 54.6 Å². The lowest BCUT2D eigenvalue weighted by atomic mass is 10.1. The normalized spacial score (nSPS) is 10.6. The number of esters is 1. The van der Waals surface area contributed by atoms with Gasteiger partial charge in [-0.1, -0.05) is 48.0 Å². The molecule has 2 rings (SSSR count). The third kappa shape index (κ3) is 4.77. The molecule has 22 heavy (non-hydrogen) atoms. The van der Waals surface area contributed by atoms with Crippen LogP contribution in [0, 0.1) is 6.92 Å². The maximum Gasteiger partial charge on any atom is 0.330 e. The van der Waals surface area contributed by atoms with Crippen LogP contribution in [0.4, 0.5) is 0 Å². The Morgan fingerprint density at radius 1 is 1.09 bits per heavy atom. The van der Waals surface area contributed by atoms with E-state index in [0.29, 0.717) is 13.2 Å². The molecule has 0 unspecified atom stereocenters. The Morgan fingerprint density at radius 2 is 1.82 bits per heavy atom. The van der Waals surface area contributed by atoms with Crippen molar-refractivity contribution in [3.05, 3.63) is 71.3 Å².